The number of aliphatic carboxylic acids is 2. The molecule has 0 bridgehead atoms. The van der Waals surface area contributed by atoms with Crippen LogP contribution in [0.5, 0.6) is 0 Å². The number of halogens is 1. The largest absolute Gasteiger partial charge is 0.481 e. The minimum Gasteiger partial charge on any atom is -0.481 e. The molecule has 20 heavy (non-hydrogen) atoms. The molecule has 6 nitrogen and oxygen atoms in total. The molecule has 8 heteroatoms. The molecule has 0 fully saturated rings. The molecule has 1 aromatic rings. The van der Waals surface area contributed by atoms with Crippen LogP contribution in [0.4, 0.5) is 0 Å². The number of hydrogen-bond donors (Lipinski definition) is 3. The van der Waals surface area contributed by atoms with E-state index >= 15 is 0 Å². The van der Waals surface area contributed by atoms with Gasteiger partial charge in [-0.3, -0.25) is 9.59 Å². The van der Waals surface area contributed by atoms with Crippen molar-refractivity contribution in [3.05, 3.63) is 28.7 Å². The molecular formula is C12H12BrNO5S. The summed E-state index contributed by atoms with van der Waals surface area (Å²) in [6, 6.07) is 5.86. The van der Waals surface area contributed by atoms with Gasteiger partial charge in [-0.15, -0.1) is 11.8 Å². The second-order valence-corrected chi connectivity index (χ2v) is 5.76. The summed E-state index contributed by atoms with van der Waals surface area (Å²) in [4.78, 5) is 33.7. The zero-order valence-electron chi connectivity index (χ0n) is 10.2. The number of thioether (sulfide) groups is 1. The summed E-state index contributed by atoms with van der Waals surface area (Å²) >= 11 is 4.52. The third-order valence-electron chi connectivity index (χ3n) is 2.20. The summed E-state index contributed by atoms with van der Waals surface area (Å²) in [7, 11) is 0. The van der Waals surface area contributed by atoms with Crippen LogP contribution < -0.4 is 5.32 Å². The highest BCUT2D eigenvalue weighted by molar-refractivity contribution is 9.10. The monoisotopic (exact) mass is 361 g/mol. The smallest absolute Gasteiger partial charge is 0.326 e. The summed E-state index contributed by atoms with van der Waals surface area (Å²) in [5.41, 5.74) is 0. The third-order valence-corrected chi connectivity index (χ3v) is 3.74. The van der Waals surface area contributed by atoms with Crippen LogP contribution in [0.3, 0.4) is 0 Å². The number of carboxylic acid groups (broad SMARTS) is 2. The minimum atomic E-state index is -1.41. The highest BCUT2D eigenvalue weighted by Crippen LogP contribution is 2.20. The molecule has 1 rings (SSSR count). The van der Waals surface area contributed by atoms with E-state index in [2.05, 4.69) is 21.2 Å². The quantitative estimate of drug-likeness (QED) is 0.637. The SMILES string of the molecule is O=C(O)CC(NC(=O)CSc1ccc(Br)cc1)C(=O)O. The van der Waals surface area contributed by atoms with E-state index in [1.54, 1.807) is 0 Å². The van der Waals surface area contributed by atoms with E-state index in [4.69, 9.17) is 10.2 Å². The number of carbonyl (C=O) groups is 3. The molecule has 0 heterocycles. The Morgan fingerprint density at radius 3 is 2.30 bits per heavy atom. The van der Waals surface area contributed by atoms with Crippen molar-refractivity contribution in [3.63, 3.8) is 0 Å². The van der Waals surface area contributed by atoms with Gasteiger partial charge in [0.05, 0.1) is 12.2 Å². The van der Waals surface area contributed by atoms with E-state index in [0.29, 0.717) is 0 Å². The molecule has 0 aliphatic carbocycles. The lowest BCUT2D eigenvalue weighted by molar-refractivity contribution is -0.147. The average molecular weight is 362 g/mol. The summed E-state index contributed by atoms with van der Waals surface area (Å²) in [5, 5.41) is 19.5. The summed E-state index contributed by atoms with van der Waals surface area (Å²) in [6.45, 7) is 0. The van der Waals surface area contributed by atoms with Crippen LogP contribution in [0, 0.1) is 0 Å². The molecule has 0 aromatic heterocycles. The maximum absolute atomic E-state index is 11.6. The van der Waals surface area contributed by atoms with E-state index in [1.807, 2.05) is 24.3 Å². The number of amides is 1. The van der Waals surface area contributed by atoms with E-state index in [9.17, 15) is 14.4 Å². The van der Waals surface area contributed by atoms with E-state index in [-0.39, 0.29) is 5.75 Å². The number of carboxylic acids is 2. The standard InChI is InChI=1S/C12H12BrNO5S/c13-7-1-3-8(4-2-7)20-6-10(15)14-9(12(18)19)5-11(16)17/h1-4,9H,5-6H2,(H,14,15)(H,16,17)(H,18,19). The minimum absolute atomic E-state index is 0.0189. The first kappa shape index (κ1) is 16.5. The second-order valence-electron chi connectivity index (χ2n) is 3.80. The lowest BCUT2D eigenvalue weighted by Gasteiger charge is -2.12. The molecule has 108 valence electrons. The van der Waals surface area contributed by atoms with E-state index in [0.717, 1.165) is 9.37 Å². The molecule has 1 aromatic carbocycles. The van der Waals surface area contributed by atoms with Crippen LogP contribution in [0.25, 0.3) is 0 Å². The van der Waals surface area contributed by atoms with Crippen molar-refractivity contribution in [1.82, 2.24) is 5.32 Å². The van der Waals surface area contributed by atoms with Gasteiger partial charge in [0.25, 0.3) is 0 Å². The summed E-state index contributed by atoms with van der Waals surface area (Å²) in [5.74, 6) is -3.15. The van der Waals surface area contributed by atoms with Crippen molar-refractivity contribution >= 4 is 45.5 Å². The fourth-order valence-corrected chi connectivity index (χ4v) is 2.26. The van der Waals surface area contributed by atoms with Crippen LogP contribution in [0.2, 0.25) is 0 Å². The number of nitrogens with one attached hydrogen (secondary N) is 1. The lowest BCUT2D eigenvalue weighted by Crippen LogP contribution is -2.43. The van der Waals surface area contributed by atoms with Gasteiger partial charge in [0.2, 0.25) is 5.91 Å². The van der Waals surface area contributed by atoms with Gasteiger partial charge in [-0.25, -0.2) is 4.79 Å². The van der Waals surface area contributed by atoms with Crippen LogP contribution in [-0.2, 0) is 14.4 Å². The zero-order valence-corrected chi connectivity index (χ0v) is 12.6. The molecule has 0 saturated carbocycles. The predicted octanol–water partition coefficient (Wildman–Crippen LogP) is 1.59. The molecule has 1 amide bonds. The Morgan fingerprint density at radius 2 is 1.80 bits per heavy atom. The van der Waals surface area contributed by atoms with Crippen molar-refractivity contribution < 1.29 is 24.6 Å². The van der Waals surface area contributed by atoms with Crippen molar-refractivity contribution in [2.45, 2.75) is 17.4 Å². The first-order chi connectivity index (χ1) is 9.38. The van der Waals surface area contributed by atoms with Crippen LogP contribution in [0.1, 0.15) is 6.42 Å². The number of carbonyl (C=O) groups excluding carboxylic acids is 1. The molecule has 0 radical (unpaired) electrons. The molecule has 3 N–H and O–H groups in total. The van der Waals surface area contributed by atoms with Crippen LogP contribution in [-0.4, -0.2) is 39.9 Å². The maximum Gasteiger partial charge on any atom is 0.326 e. The first-order valence-corrected chi connectivity index (χ1v) is 7.28. The van der Waals surface area contributed by atoms with Gasteiger partial charge in [0.15, 0.2) is 0 Å². The van der Waals surface area contributed by atoms with Crippen molar-refractivity contribution in [3.8, 4) is 0 Å². The molecule has 0 spiro atoms. The Bertz CT molecular complexity index is 505. The molecule has 0 aliphatic heterocycles. The van der Waals surface area contributed by atoms with Gasteiger partial charge in [-0.05, 0) is 24.3 Å². The number of hydrogen-bond acceptors (Lipinski definition) is 4. The topological polar surface area (TPSA) is 104 Å². The van der Waals surface area contributed by atoms with E-state index in [1.165, 1.54) is 11.8 Å². The molecule has 0 aliphatic rings. The first-order valence-electron chi connectivity index (χ1n) is 5.51. The van der Waals surface area contributed by atoms with Gasteiger partial charge in [-0.1, -0.05) is 15.9 Å². The van der Waals surface area contributed by atoms with Gasteiger partial charge in [0, 0.05) is 9.37 Å². The van der Waals surface area contributed by atoms with Gasteiger partial charge in [0.1, 0.15) is 6.04 Å². The highest BCUT2D eigenvalue weighted by Gasteiger charge is 2.22. The fraction of sp³-hybridized carbons (Fsp3) is 0.250. The predicted molar refractivity (Wildman–Crippen MR) is 76.7 cm³/mol. The Kier molecular flexibility index (Phi) is 6.53. The van der Waals surface area contributed by atoms with Gasteiger partial charge < -0.3 is 15.5 Å². The van der Waals surface area contributed by atoms with Crippen molar-refractivity contribution in [2.24, 2.45) is 0 Å². The Morgan fingerprint density at radius 1 is 1.20 bits per heavy atom. The van der Waals surface area contributed by atoms with Crippen molar-refractivity contribution in [1.29, 1.82) is 0 Å². The third kappa shape index (κ3) is 6.07. The Hall–Kier alpha value is -1.54. The summed E-state index contributed by atoms with van der Waals surface area (Å²) in [6.07, 6.45) is -0.649. The summed E-state index contributed by atoms with van der Waals surface area (Å²) < 4.78 is 0.915. The Balaban J connectivity index is 2.47. The van der Waals surface area contributed by atoms with Gasteiger partial charge >= 0.3 is 11.9 Å². The van der Waals surface area contributed by atoms with Crippen LogP contribution in [0.15, 0.2) is 33.6 Å². The second kappa shape index (κ2) is 7.91. The molecule has 1 atom stereocenters. The highest BCUT2D eigenvalue weighted by atomic mass is 79.9. The van der Waals surface area contributed by atoms with Crippen molar-refractivity contribution in [2.75, 3.05) is 5.75 Å². The van der Waals surface area contributed by atoms with Crippen LogP contribution >= 0.6 is 27.7 Å². The average Bonchev–Trinajstić information content (AvgIpc) is 2.36. The van der Waals surface area contributed by atoms with E-state index < -0.39 is 30.3 Å². The van der Waals surface area contributed by atoms with Gasteiger partial charge in [-0.2, -0.15) is 0 Å². The molecule has 0 saturated heterocycles. The lowest BCUT2D eigenvalue weighted by atomic mass is 10.2. The number of benzene rings is 1. The molecular weight excluding hydrogens is 350 g/mol. The fourth-order valence-electron chi connectivity index (χ4n) is 1.29. The number of rotatable bonds is 7. The zero-order chi connectivity index (χ0) is 15.1. The normalized spacial score (nSPS) is 11.7. The Labute approximate surface area is 127 Å². The maximum atomic E-state index is 11.6. The molecule has 1 unspecified atom stereocenters.